The van der Waals surface area contributed by atoms with Gasteiger partial charge in [-0.2, -0.15) is 0 Å². The molecule has 2 heterocycles. The van der Waals surface area contributed by atoms with Crippen LogP contribution >= 0.6 is 11.3 Å². The molecule has 2 aromatic rings. The predicted octanol–water partition coefficient (Wildman–Crippen LogP) is 1.75. The molecule has 3 rings (SSSR count). The fraction of sp³-hybridized carbons (Fsp3) is 0.571. The second kappa shape index (κ2) is 6.80. The highest BCUT2D eigenvalue weighted by Crippen LogP contribution is 2.32. The minimum absolute atomic E-state index is 0.00275. The maximum atomic E-state index is 11.7. The van der Waals surface area contributed by atoms with E-state index in [1.807, 2.05) is 16.3 Å². The van der Waals surface area contributed by atoms with E-state index in [2.05, 4.69) is 20.6 Å². The van der Waals surface area contributed by atoms with E-state index in [0.29, 0.717) is 25.4 Å². The minimum atomic E-state index is -0.00275. The van der Waals surface area contributed by atoms with Gasteiger partial charge in [-0.1, -0.05) is 18.1 Å². The van der Waals surface area contributed by atoms with Crippen molar-refractivity contribution >= 4 is 17.2 Å². The molecule has 0 aliphatic heterocycles. The van der Waals surface area contributed by atoms with E-state index in [0.717, 1.165) is 11.4 Å². The molecular weight excluding hydrogens is 286 g/mol. The first-order chi connectivity index (χ1) is 10.3. The average Bonchev–Trinajstić information content (AvgIpc) is 3.21. The Balaban J connectivity index is 1.41. The summed E-state index contributed by atoms with van der Waals surface area (Å²) in [6.45, 7) is 1.22. The second-order valence-corrected chi connectivity index (χ2v) is 6.11. The number of rotatable bonds is 6. The van der Waals surface area contributed by atoms with Crippen LogP contribution < -0.4 is 5.32 Å². The fourth-order valence-corrected chi connectivity index (χ4v) is 3.25. The highest BCUT2D eigenvalue weighted by Gasteiger charge is 2.19. The molecule has 0 spiro atoms. The number of carbonyl (C=O) groups is 1. The van der Waals surface area contributed by atoms with Crippen LogP contribution in [0.2, 0.25) is 0 Å². The lowest BCUT2D eigenvalue weighted by Crippen LogP contribution is -2.28. The van der Waals surface area contributed by atoms with Gasteiger partial charge in [0.1, 0.15) is 0 Å². The average molecular weight is 305 g/mol. The number of hydrogen-bond acceptors (Lipinski definition) is 5. The van der Waals surface area contributed by atoms with E-state index >= 15 is 0 Å². The summed E-state index contributed by atoms with van der Waals surface area (Å²) in [5.74, 6) is 0.579. The Bertz CT molecular complexity index is 574. The largest absolute Gasteiger partial charge is 0.354 e. The number of carbonyl (C=O) groups excluding carboxylic acids is 1. The maximum Gasteiger partial charge on any atom is 0.226 e. The van der Waals surface area contributed by atoms with E-state index in [1.165, 1.54) is 37.0 Å². The highest BCUT2D eigenvalue weighted by molar-refractivity contribution is 7.07. The second-order valence-electron chi connectivity index (χ2n) is 5.39. The zero-order valence-corrected chi connectivity index (χ0v) is 12.7. The van der Waals surface area contributed by atoms with Crippen LogP contribution in [0.3, 0.4) is 0 Å². The van der Waals surface area contributed by atoms with Crippen LogP contribution in [0.15, 0.2) is 17.1 Å². The normalized spacial score (nSPS) is 15.4. The molecule has 0 saturated heterocycles. The number of nitrogens with one attached hydrogen (secondary N) is 1. The van der Waals surface area contributed by atoms with Gasteiger partial charge >= 0.3 is 0 Å². The Morgan fingerprint density at radius 3 is 3.05 bits per heavy atom. The lowest BCUT2D eigenvalue weighted by atomic mass is 10.1. The molecule has 1 amide bonds. The highest BCUT2D eigenvalue weighted by atomic mass is 32.1. The topological polar surface area (TPSA) is 72.7 Å². The fourth-order valence-electron chi connectivity index (χ4n) is 2.69. The lowest BCUT2D eigenvalue weighted by molar-refractivity contribution is -0.120. The molecule has 0 aromatic carbocycles. The minimum Gasteiger partial charge on any atom is -0.354 e. The summed E-state index contributed by atoms with van der Waals surface area (Å²) in [5.41, 5.74) is 3.66. The maximum absolute atomic E-state index is 11.7. The van der Waals surface area contributed by atoms with Gasteiger partial charge in [-0.25, -0.2) is 4.98 Å². The third kappa shape index (κ3) is 3.87. The van der Waals surface area contributed by atoms with Crippen molar-refractivity contribution in [3.63, 3.8) is 0 Å². The van der Waals surface area contributed by atoms with Gasteiger partial charge in [0.25, 0.3) is 0 Å². The quantitative estimate of drug-likeness (QED) is 0.882. The van der Waals surface area contributed by atoms with Gasteiger partial charge in [-0.3, -0.25) is 9.48 Å². The first kappa shape index (κ1) is 14.2. The van der Waals surface area contributed by atoms with Crippen molar-refractivity contribution in [3.8, 4) is 0 Å². The van der Waals surface area contributed by atoms with Gasteiger partial charge < -0.3 is 5.32 Å². The van der Waals surface area contributed by atoms with Gasteiger partial charge in [-0.05, 0) is 12.8 Å². The summed E-state index contributed by atoms with van der Waals surface area (Å²) in [6, 6.07) is 0. The Labute approximate surface area is 127 Å². The van der Waals surface area contributed by atoms with Crippen LogP contribution in [0.5, 0.6) is 0 Å². The Morgan fingerprint density at radius 2 is 2.29 bits per heavy atom. The van der Waals surface area contributed by atoms with Crippen molar-refractivity contribution in [2.45, 2.75) is 44.6 Å². The van der Waals surface area contributed by atoms with Crippen LogP contribution in [0.25, 0.3) is 0 Å². The van der Waals surface area contributed by atoms with Crippen molar-refractivity contribution in [1.29, 1.82) is 0 Å². The van der Waals surface area contributed by atoms with E-state index < -0.39 is 0 Å². The SMILES string of the molecule is O=C(Cc1cscn1)NCCn1cc(C2CCCC2)nn1. The standard InChI is InChI=1S/C14H19N5OS/c20-14(7-12-9-21-10-16-12)15-5-6-19-8-13(17-18-19)11-3-1-2-4-11/h8-11H,1-7H2,(H,15,20). The first-order valence-electron chi connectivity index (χ1n) is 7.35. The van der Waals surface area contributed by atoms with Gasteiger partial charge in [0.05, 0.1) is 29.9 Å². The van der Waals surface area contributed by atoms with E-state index in [4.69, 9.17) is 0 Å². The molecule has 1 aliphatic rings. The summed E-state index contributed by atoms with van der Waals surface area (Å²) in [4.78, 5) is 15.8. The van der Waals surface area contributed by atoms with Crippen molar-refractivity contribution in [2.75, 3.05) is 6.54 Å². The molecular formula is C14H19N5OS. The Morgan fingerprint density at radius 1 is 1.43 bits per heavy atom. The molecule has 2 aromatic heterocycles. The van der Waals surface area contributed by atoms with Crippen molar-refractivity contribution in [2.24, 2.45) is 0 Å². The molecule has 21 heavy (non-hydrogen) atoms. The molecule has 1 saturated carbocycles. The third-order valence-corrected chi connectivity index (χ3v) is 4.45. The summed E-state index contributed by atoms with van der Waals surface area (Å²) in [7, 11) is 0. The molecule has 0 unspecified atom stereocenters. The van der Waals surface area contributed by atoms with E-state index in [1.54, 1.807) is 5.51 Å². The van der Waals surface area contributed by atoms with Gasteiger partial charge in [0, 0.05) is 24.0 Å². The Hall–Kier alpha value is -1.76. The van der Waals surface area contributed by atoms with Gasteiger partial charge in [0.2, 0.25) is 5.91 Å². The smallest absolute Gasteiger partial charge is 0.226 e. The molecule has 7 heteroatoms. The molecule has 0 bridgehead atoms. The molecule has 0 radical (unpaired) electrons. The zero-order chi connectivity index (χ0) is 14.5. The lowest BCUT2D eigenvalue weighted by Gasteiger charge is -2.04. The van der Waals surface area contributed by atoms with E-state index in [9.17, 15) is 4.79 Å². The van der Waals surface area contributed by atoms with Gasteiger partial charge in [0.15, 0.2) is 0 Å². The molecule has 1 aliphatic carbocycles. The molecule has 0 atom stereocenters. The predicted molar refractivity (Wildman–Crippen MR) is 80.1 cm³/mol. The number of aromatic nitrogens is 4. The molecule has 1 N–H and O–H groups in total. The number of hydrogen-bond donors (Lipinski definition) is 1. The first-order valence-corrected chi connectivity index (χ1v) is 8.29. The van der Waals surface area contributed by atoms with Crippen LogP contribution in [0.1, 0.15) is 43.0 Å². The summed E-state index contributed by atoms with van der Waals surface area (Å²) in [6.07, 6.45) is 7.40. The molecule has 1 fully saturated rings. The van der Waals surface area contributed by atoms with Crippen LogP contribution in [-0.4, -0.2) is 32.4 Å². The number of amides is 1. The number of thiazole rings is 1. The third-order valence-electron chi connectivity index (χ3n) is 3.82. The molecule has 112 valence electrons. The van der Waals surface area contributed by atoms with Gasteiger partial charge in [-0.15, -0.1) is 16.4 Å². The summed E-state index contributed by atoms with van der Waals surface area (Å²) < 4.78 is 1.82. The Kier molecular flexibility index (Phi) is 4.59. The monoisotopic (exact) mass is 305 g/mol. The summed E-state index contributed by atoms with van der Waals surface area (Å²) >= 11 is 1.50. The van der Waals surface area contributed by atoms with Crippen molar-refractivity contribution < 1.29 is 4.79 Å². The van der Waals surface area contributed by atoms with Crippen LogP contribution in [-0.2, 0) is 17.8 Å². The van der Waals surface area contributed by atoms with Crippen molar-refractivity contribution in [1.82, 2.24) is 25.3 Å². The van der Waals surface area contributed by atoms with Crippen LogP contribution in [0.4, 0.5) is 0 Å². The van der Waals surface area contributed by atoms with E-state index in [-0.39, 0.29) is 5.91 Å². The number of nitrogens with zero attached hydrogens (tertiary/aromatic N) is 4. The molecule has 6 nitrogen and oxygen atoms in total. The summed E-state index contributed by atoms with van der Waals surface area (Å²) in [5, 5.41) is 13.2. The van der Waals surface area contributed by atoms with Crippen molar-refractivity contribution in [3.05, 3.63) is 28.5 Å². The van der Waals surface area contributed by atoms with Crippen LogP contribution in [0, 0.1) is 0 Å². The zero-order valence-electron chi connectivity index (χ0n) is 11.9.